The van der Waals surface area contributed by atoms with E-state index in [1.165, 1.54) is 6.07 Å². The molecular formula is C14H19BrFNO. The van der Waals surface area contributed by atoms with Crippen LogP contribution in [0.3, 0.4) is 0 Å². The quantitative estimate of drug-likeness (QED) is 0.867. The third kappa shape index (κ3) is 4.41. The fourth-order valence-electron chi connectivity index (χ4n) is 1.37. The van der Waals surface area contributed by atoms with Gasteiger partial charge in [-0.25, -0.2) is 4.39 Å². The Morgan fingerprint density at radius 1 is 1.44 bits per heavy atom. The molecule has 0 heterocycles. The zero-order valence-corrected chi connectivity index (χ0v) is 12.8. The zero-order chi connectivity index (χ0) is 13.9. The average Bonchev–Trinajstić information content (AvgIpc) is 2.22. The molecule has 1 atom stereocenters. The van der Waals surface area contributed by atoms with Crippen LogP contribution in [0.4, 0.5) is 10.1 Å². The van der Waals surface area contributed by atoms with Gasteiger partial charge in [-0.15, -0.1) is 0 Å². The van der Waals surface area contributed by atoms with Crippen LogP contribution in [0, 0.1) is 17.2 Å². The predicted molar refractivity (Wildman–Crippen MR) is 76.0 cm³/mol. The number of amides is 1. The topological polar surface area (TPSA) is 29.1 Å². The molecule has 1 aromatic carbocycles. The normalized spacial score (nSPS) is 13.2. The van der Waals surface area contributed by atoms with Crippen molar-refractivity contribution in [1.29, 1.82) is 0 Å². The molecule has 0 spiro atoms. The molecule has 1 N–H and O–H groups in total. The van der Waals surface area contributed by atoms with Crippen molar-refractivity contribution in [3.8, 4) is 0 Å². The monoisotopic (exact) mass is 315 g/mol. The highest BCUT2D eigenvalue weighted by molar-refractivity contribution is 9.10. The number of carbonyl (C=O) groups is 1. The molecule has 1 rings (SSSR count). The average molecular weight is 316 g/mol. The highest BCUT2D eigenvalue weighted by Gasteiger charge is 2.22. The minimum absolute atomic E-state index is 0.0454. The Morgan fingerprint density at radius 3 is 2.56 bits per heavy atom. The molecule has 0 saturated heterocycles. The smallest absolute Gasteiger partial charge is 0.224 e. The minimum Gasteiger partial charge on any atom is -0.326 e. The number of anilines is 1. The van der Waals surface area contributed by atoms with Crippen LogP contribution in [-0.4, -0.2) is 5.91 Å². The van der Waals surface area contributed by atoms with E-state index in [1.807, 2.05) is 0 Å². The fraction of sp³-hybridized carbons (Fsp3) is 0.500. The molecule has 18 heavy (non-hydrogen) atoms. The van der Waals surface area contributed by atoms with Gasteiger partial charge >= 0.3 is 0 Å². The summed E-state index contributed by atoms with van der Waals surface area (Å²) in [5.74, 6) is -0.103. The van der Waals surface area contributed by atoms with Gasteiger partial charge < -0.3 is 5.32 Å². The second-order valence-electron chi connectivity index (χ2n) is 5.65. The van der Waals surface area contributed by atoms with Gasteiger partial charge in [-0.1, -0.05) is 27.7 Å². The van der Waals surface area contributed by atoms with Gasteiger partial charge in [0, 0.05) is 12.1 Å². The van der Waals surface area contributed by atoms with Crippen molar-refractivity contribution in [2.24, 2.45) is 11.3 Å². The van der Waals surface area contributed by atoms with Gasteiger partial charge in [0.05, 0.1) is 4.47 Å². The third-order valence-corrected chi connectivity index (χ3v) is 3.78. The van der Waals surface area contributed by atoms with Crippen LogP contribution < -0.4 is 5.32 Å². The zero-order valence-electron chi connectivity index (χ0n) is 11.2. The van der Waals surface area contributed by atoms with Crippen LogP contribution in [0.15, 0.2) is 22.7 Å². The van der Waals surface area contributed by atoms with Gasteiger partial charge in [0.15, 0.2) is 0 Å². The number of nitrogens with one attached hydrogen (secondary N) is 1. The predicted octanol–water partition coefficient (Wildman–Crippen LogP) is 4.60. The SMILES string of the molecule is CC(CC(=O)Nc1ccc(F)c(Br)c1)C(C)(C)C. The van der Waals surface area contributed by atoms with E-state index >= 15 is 0 Å². The number of rotatable bonds is 3. The molecule has 0 aromatic heterocycles. The highest BCUT2D eigenvalue weighted by atomic mass is 79.9. The third-order valence-electron chi connectivity index (χ3n) is 3.17. The molecule has 0 fully saturated rings. The van der Waals surface area contributed by atoms with Gasteiger partial charge in [0.25, 0.3) is 0 Å². The van der Waals surface area contributed by atoms with Crippen molar-refractivity contribution < 1.29 is 9.18 Å². The van der Waals surface area contributed by atoms with E-state index < -0.39 is 0 Å². The van der Waals surface area contributed by atoms with Gasteiger partial charge in [-0.2, -0.15) is 0 Å². The van der Waals surface area contributed by atoms with Crippen molar-refractivity contribution in [1.82, 2.24) is 0 Å². The van der Waals surface area contributed by atoms with E-state index in [9.17, 15) is 9.18 Å². The molecule has 0 saturated carbocycles. The van der Waals surface area contributed by atoms with Crippen LogP contribution in [0.25, 0.3) is 0 Å². The largest absolute Gasteiger partial charge is 0.326 e. The van der Waals surface area contributed by atoms with Gasteiger partial charge in [0.2, 0.25) is 5.91 Å². The molecule has 0 aliphatic rings. The van der Waals surface area contributed by atoms with Gasteiger partial charge in [-0.3, -0.25) is 4.79 Å². The summed E-state index contributed by atoms with van der Waals surface area (Å²) in [4.78, 5) is 11.8. The fourth-order valence-corrected chi connectivity index (χ4v) is 1.75. The van der Waals surface area contributed by atoms with Crippen molar-refractivity contribution in [3.63, 3.8) is 0 Å². The molecule has 1 aromatic rings. The molecule has 1 unspecified atom stereocenters. The summed E-state index contributed by atoms with van der Waals surface area (Å²) in [6.07, 6.45) is 0.457. The molecule has 0 aliphatic heterocycles. The van der Waals surface area contributed by atoms with E-state index in [-0.39, 0.29) is 23.1 Å². The van der Waals surface area contributed by atoms with Crippen LogP contribution >= 0.6 is 15.9 Å². The Balaban J connectivity index is 2.62. The molecule has 2 nitrogen and oxygen atoms in total. The number of hydrogen-bond acceptors (Lipinski definition) is 1. The Labute approximate surface area is 116 Å². The summed E-state index contributed by atoms with van der Waals surface area (Å²) in [5, 5.41) is 2.78. The van der Waals surface area contributed by atoms with Crippen molar-refractivity contribution in [2.45, 2.75) is 34.1 Å². The van der Waals surface area contributed by atoms with E-state index in [2.05, 4.69) is 48.9 Å². The number of halogens is 2. The van der Waals surface area contributed by atoms with E-state index in [0.717, 1.165) is 0 Å². The van der Waals surface area contributed by atoms with Crippen LogP contribution in [0.1, 0.15) is 34.1 Å². The standard InChI is InChI=1S/C14H19BrFNO/c1-9(14(2,3)4)7-13(18)17-10-5-6-12(16)11(15)8-10/h5-6,8-9H,7H2,1-4H3,(H,17,18). The first kappa shape index (κ1) is 15.2. The lowest BCUT2D eigenvalue weighted by Gasteiger charge is -2.26. The van der Waals surface area contributed by atoms with Gasteiger partial charge in [-0.05, 0) is 45.5 Å². The maximum absolute atomic E-state index is 13.0. The summed E-state index contributed by atoms with van der Waals surface area (Å²) < 4.78 is 13.4. The van der Waals surface area contributed by atoms with E-state index in [1.54, 1.807) is 12.1 Å². The summed E-state index contributed by atoms with van der Waals surface area (Å²) in [7, 11) is 0. The van der Waals surface area contributed by atoms with Crippen molar-refractivity contribution in [3.05, 3.63) is 28.5 Å². The van der Waals surface area contributed by atoms with E-state index in [4.69, 9.17) is 0 Å². The number of hydrogen-bond donors (Lipinski definition) is 1. The minimum atomic E-state index is -0.337. The molecular weight excluding hydrogens is 297 g/mol. The lowest BCUT2D eigenvalue weighted by molar-refractivity contribution is -0.117. The molecule has 0 radical (unpaired) electrons. The second-order valence-corrected chi connectivity index (χ2v) is 6.50. The first-order valence-electron chi connectivity index (χ1n) is 5.95. The lowest BCUT2D eigenvalue weighted by Crippen LogP contribution is -2.23. The van der Waals surface area contributed by atoms with Crippen molar-refractivity contribution >= 4 is 27.5 Å². The molecule has 0 aliphatic carbocycles. The number of benzene rings is 1. The molecule has 1 amide bonds. The van der Waals surface area contributed by atoms with Crippen LogP contribution in [0.2, 0.25) is 0 Å². The summed E-state index contributed by atoms with van der Waals surface area (Å²) in [5.41, 5.74) is 0.704. The Bertz CT molecular complexity index is 440. The highest BCUT2D eigenvalue weighted by Crippen LogP contribution is 2.28. The first-order valence-corrected chi connectivity index (χ1v) is 6.74. The maximum atomic E-state index is 13.0. The molecule has 4 heteroatoms. The molecule has 0 bridgehead atoms. The Hall–Kier alpha value is -0.900. The van der Waals surface area contributed by atoms with Crippen LogP contribution in [-0.2, 0) is 4.79 Å². The van der Waals surface area contributed by atoms with Gasteiger partial charge in [0.1, 0.15) is 5.82 Å². The second kappa shape index (κ2) is 5.83. The Morgan fingerprint density at radius 2 is 2.06 bits per heavy atom. The lowest BCUT2D eigenvalue weighted by atomic mass is 9.80. The Kier molecular flexibility index (Phi) is 4.91. The summed E-state index contributed by atoms with van der Waals surface area (Å²) >= 11 is 3.09. The summed E-state index contributed by atoms with van der Waals surface area (Å²) in [6.45, 7) is 8.39. The first-order chi connectivity index (χ1) is 8.20. The summed E-state index contributed by atoms with van der Waals surface area (Å²) in [6, 6.07) is 4.45. The molecule has 100 valence electrons. The maximum Gasteiger partial charge on any atom is 0.224 e. The van der Waals surface area contributed by atoms with Crippen molar-refractivity contribution in [2.75, 3.05) is 5.32 Å². The van der Waals surface area contributed by atoms with Crippen LogP contribution in [0.5, 0.6) is 0 Å². The number of carbonyl (C=O) groups excluding carboxylic acids is 1. The van der Waals surface area contributed by atoms with E-state index in [0.29, 0.717) is 16.6 Å².